The van der Waals surface area contributed by atoms with E-state index in [9.17, 15) is 4.79 Å². The van der Waals surface area contributed by atoms with Crippen LogP contribution in [0.2, 0.25) is 0 Å². The third kappa shape index (κ3) is 1.70. The minimum Gasteiger partial charge on any atom is -0.467 e. The number of rotatable bonds is 1. The fourth-order valence-corrected chi connectivity index (χ4v) is 4.50. The molecule has 4 rings (SSSR count). The molecule has 1 fully saturated rings. The number of hydrogen-bond donors (Lipinski definition) is 0. The molecular weight excluding hydrogens is 276 g/mol. The van der Waals surface area contributed by atoms with Crippen LogP contribution in [-0.4, -0.2) is 43.7 Å². The minimum absolute atomic E-state index is 0.103. The van der Waals surface area contributed by atoms with E-state index in [1.165, 1.54) is 23.9 Å². The molecule has 4 heteroatoms. The molecule has 1 aromatic carbocycles. The first kappa shape index (κ1) is 13.8. The molecule has 1 saturated heterocycles. The molecule has 0 amide bonds. The van der Waals surface area contributed by atoms with E-state index in [0.717, 1.165) is 32.4 Å². The van der Waals surface area contributed by atoms with E-state index >= 15 is 0 Å². The number of fused-ring (bicyclic) bond motifs is 5. The molecule has 0 aromatic heterocycles. The summed E-state index contributed by atoms with van der Waals surface area (Å²) in [4.78, 5) is 17.2. The predicted molar refractivity (Wildman–Crippen MR) is 85.8 cm³/mol. The summed E-state index contributed by atoms with van der Waals surface area (Å²) < 4.78 is 5.18. The maximum absolute atomic E-state index is 12.6. The monoisotopic (exact) mass is 298 g/mol. The zero-order valence-corrected chi connectivity index (χ0v) is 13.2. The Bertz CT molecular complexity index is 654. The Morgan fingerprint density at radius 2 is 2.14 bits per heavy atom. The Morgan fingerprint density at radius 1 is 1.32 bits per heavy atom. The predicted octanol–water partition coefficient (Wildman–Crippen LogP) is 2.52. The summed E-state index contributed by atoms with van der Waals surface area (Å²) in [6, 6.07) is 8.78. The average Bonchev–Trinajstić information content (AvgIpc) is 2.89. The van der Waals surface area contributed by atoms with E-state index in [0.29, 0.717) is 0 Å². The maximum atomic E-state index is 12.6. The molecule has 22 heavy (non-hydrogen) atoms. The van der Waals surface area contributed by atoms with Gasteiger partial charge < -0.3 is 9.64 Å². The Morgan fingerprint density at radius 3 is 2.95 bits per heavy atom. The number of anilines is 1. The molecule has 3 heterocycles. The van der Waals surface area contributed by atoms with Gasteiger partial charge in [-0.3, -0.25) is 4.90 Å². The molecule has 4 nitrogen and oxygen atoms in total. The molecule has 0 spiro atoms. The number of likely N-dealkylation sites (N-methyl/N-ethyl adjacent to an activating group) is 1. The number of methoxy groups -OCH3 is 1. The molecule has 0 unspecified atom stereocenters. The lowest BCUT2D eigenvalue weighted by Crippen LogP contribution is -2.54. The lowest BCUT2D eigenvalue weighted by molar-refractivity contribution is -0.154. The van der Waals surface area contributed by atoms with Crippen LogP contribution in [0.5, 0.6) is 0 Å². The van der Waals surface area contributed by atoms with Crippen LogP contribution in [0.15, 0.2) is 35.9 Å². The van der Waals surface area contributed by atoms with Crippen molar-refractivity contribution >= 4 is 11.7 Å². The molecule has 0 N–H and O–H groups in total. The number of para-hydroxylation sites is 1. The number of carbonyl (C=O) groups is 1. The average molecular weight is 298 g/mol. The second-order valence-electron chi connectivity index (χ2n) is 6.60. The highest BCUT2D eigenvalue weighted by molar-refractivity contribution is 5.85. The van der Waals surface area contributed by atoms with Crippen molar-refractivity contribution in [1.82, 2.24) is 4.90 Å². The second-order valence-corrected chi connectivity index (χ2v) is 6.60. The van der Waals surface area contributed by atoms with Gasteiger partial charge in [-0.15, -0.1) is 0 Å². The highest BCUT2D eigenvalue weighted by atomic mass is 16.5. The van der Waals surface area contributed by atoms with E-state index in [2.05, 4.69) is 47.2 Å². The van der Waals surface area contributed by atoms with Gasteiger partial charge in [0.05, 0.1) is 13.2 Å². The van der Waals surface area contributed by atoms with Crippen molar-refractivity contribution in [2.45, 2.75) is 30.8 Å². The summed E-state index contributed by atoms with van der Waals surface area (Å²) in [6.07, 6.45) is 5.30. The SMILES string of the molecule is COC(=O)[C@]12C=C3CN(C)c4ccccc4[C@H]3N1CCCC2. The van der Waals surface area contributed by atoms with Gasteiger partial charge in [-0.1, -0.05) is 24.3 Å². The second kappa shape index (κ2) is 4.85. The number of benzene rings is 1. The molecule has 0 bridgehead atoms. The van der Waals surface area contributed by atoms with Gasteiger partial charge in [0.2, 0.25) is 0 Å². The molecule has 116 valence electrons. The molecule has 0 aliphatic carbocycles. The summed E-state index contributed by atoms with van der Waals surface area (Å²) in [6.45, 7) is 1.84. The van der Waals surface area contributed by atoms with Crippen molar-refractivity contribution in [1.29, 1.82) is 0 Å². The van der Waals surface area contributed by atoms with Gasteiger partial charge in [0, 0.05) is 25.8 Å². The molecule has 2 atom stereocenters. The summed E-state index contributed by atoms with van der Waals surface area (Å²) in [5.41, 5.74) is 3.38. The summed E-state index contributed by atoms with van der Waals surface area (Å²) in [5.74, 6) is -0.103. The standard InChI is InChI=1S/C18H22N2O2/c1-19-12-13-11-18(17(21)22-2)9-5-6-10-20(18)16(13)14-7-3-4-8-15(14)19/h3-4,7-8,11,16H,5-6,9-10,12H2,1-2H3/t16-,18-/m0/s1. The van der Waals surface area contributed by atoms with Gasteiger partial charge in [0.25, 0.3) is 0 Å². The molecule has 3 aliphatic rings. The summed E-state index contributed by atoms with van der Waals surface area (Å²) >= 11 is 0. The fourth-order valence-electron chi connectivity index (χ4n) is 4.50. The normalized spacial score (nSPS) is 30.2. The molecular formula is C18H22N2O2. The number of carbonyl (C=O) groups excluding carboxylic acids is 1. The van der Waals surface area contributed by atoms with Crippen LogP contribution < -0.4 is 4.90 Å². The first-order valence-corrected chi connectivity index (χ1v) is 8.04. The quantitative estimate of drug-likeness (QED) is 0.589. The van der Waals surface area contributed by atoms with Crippen LogP contribution >= 0.6 is 0 Å². The van der Waals surface area contributed by atoms with Crippen LogP contribution in [0.4, 0.5) is 5.69 Å². The van der Waals surface area contributed by atoms with Crippen LogP contribution in [0, 0.1) is 0 Å². The zero-order chi connectivity index (χ0) is 15.3. The van der Waals surface area contributed by atoms with Crippen molar-refractivity contribution in [2.75, 3.05) is 32.1 Å². The first-order chi connectivity index (χ1) is 10.7. The third-order valence-electron chi connectivity index (χ3n) is 5.41. The smallest absolute Gasteiger partial charge is 0.330 e. The van der Waals surface area contributed by atoms with E-state index in [-0.39, 0.29) is 12.0 Å². The number of hydrogen-bond acceptors (Lipinski definition) is 4. The first-order valence-electron chi connectivity index (χ1n) is 8.04. The number of ether oxygens (including phenoxy) is 1. The van der Waals surface area contributed by atoms with Gasteiger partial charge in [-0.25, -0.2) is 4.79 Å². The Balaban J connectivity index is 1.86. The highest BCUT2D eigenvalue weighted by Gasteiger charge is 2.54. The summed E-state index contributed by atoms with van der Waals surface area (Å²) in [7, 11) is 3.63. The van der Waals surface area contributed by atoms with Crippen LogP contribution in [0.25, 0.3) is 0 Å². The third-order valence-corrected chi connectivity index (χ3v) is 5.41. The van der Waals surface area contributed by atoms with Gasteiger partial charge in [0.1, 0.15) is 5.54 Å². The van der Waals surface area contributed by atoms with Crippen LogP contribution in [0.3, 0.4) is 0 Å². The highest BCUT2D eigenvalue weighted by Crippen LogP contribution is 2.51. The van der Waals surface area contributed by atoms with Crippen molar-refractivity contribution < 1.29 is 9.53 Å². The van der Waals surface area contributed by atoms with E-state index < -0.39 is 5.54 Å². The topological polar surface area (TPSA) is 32.8 Å². The van der Waals surface area contributed by atoms with Gasteiger partial charge in [-0.05, 0) is 36.5 Å². The minimum atomic E-state index is -0.550. The molecule has 3 aliphatic heterocycles. The Hall–Kier alpha value is -1.81. The fraction of sp³-hybridized carbons (Fsp3) is 0.500. The zero-order valence-electron chi connectivity index (χ0n) is 13.2. The Kier molecular flexibility index (Phi) is 3.05. The van der Waals surface area contributed by atoms with Gasteiger partial charge in [0.15, 0.2) is 0 Å². The maximum Gasteiger partial charge on any atom is 0.330 e. The number of piperidine rings is 1. The van der Waals surface area contributed by atoms with Crippen molar-refractivity contribution in [3.63, 3.8) is 0 Å². The van der Waals surface area contributed by atoms with Gasteiger partial charge in [-0.2, -0.15) is 0 Å². The number of nitrogens with zero attached hydrogens (tertiary/aromatic N) is 2. The van der Waals surface area contributed by atoms with Gasteiger partial charge >= 0.3 is 5.97 Å². The van der Waals surface area contributed by atoms with Crippen LogP contribution in [0.1, 0.15) is 30.9 Å². The molecule has 0 radical (unpaired) electrons. The summed E-state index contributed by atoms with van der Waals surface area (Å²) in [5, 5.41) is 0. The number of esters is 1. The lowest BCUT2D eigenvalue weighted by Gasteiger charge is -2.44. The molecule has 1 aromatic rings. The van der Waals surface area contributed by atoms with Crippen molar-refractivity contribution in [3.05, 3.63) is 41.5 Å². The van der Waals surface area contributed by atoms with E-state index in [4.69, 9.17) is 4.74 Å². The lowest BCUT2D eigenvalue weighted by atomic mass is 9.88. The van der Waals surface area contributed by atoms with Crippen molar-refractivity contribution in [3.8, 4) is 0 Å². The van der Waals surface area contributed by atoms with Crippen LogP contribution in [-0.2, 0) is 9.53 Å². The Labute approximate surface area is 131 Å². The largest absolute Gasteiger partial charge is 0.467 e. The van der Waals surface area contributed by atoms with Crippen molar-refractivity contribution in [2.24, 2.45) is 0 Å². The molecule has 0 saturated carbocycles. The van der Waals surface area contributed by atoms with E-state index in [1.807, 2.05) is 0 Å². The van der Waals surface area contributed by atoms with E-state index in [1.54, 1.807) is 0 Å².